The second-order valence-corrected chi connectivity index (χ2v) is 8.30. The van der Waals surface area contributed by atoms with E-state index in [2.05, 4.69) is 6.07 Å². The van der Waals surface area contributed by atoms with Crippen molar-refractivity contribution < 1.29 is 25.9 Å². The summed E-state index contributed by atoms with van der Waals surface area (Å²) in [6, 6.07) is 19.7. The van der Waals surface area contributed by atoms with Gasteiger partial charge in [-0.25, -0.2) is 0 Å². The normalized spacial score (nSPS) is 12.1. The first-order valence-corrected chi connectivity index (χ1v) is 10.2. The fourth-order valence-corrected chi connectivity index (χ4v) is 3.48. The van der Waals surface area contributed by atoms with E-state index in [9.17, 15) is 16.8 Å². The number of rotatable bonds is 4. The van der Waals surface area contributed by atoms with Crippen LogP contribution in [0.5, 0.6) is 0 Å². The third-order valence-electron chi connectivity index (χ3n) is 3.76. The van der Waals surface area contributed by atoms with E-state index < -0.39 is 20.2 Å². The minimum atomic E-state index is -4.27. The third kappa shape index (κ3) is 3.83. The zero-order chi connectivity index (χ0) is 18.9. The van der Waals surface area contributed by atoms with Crippen molar-refractivity contribution in [2.45, 2.75) is 9.79 Å². The van der Waals surface area contributed by atoms with Gasteiger partial charge < -0.3 is 0 Å². The molecule has 2 N–H and O–H groups in total. The lowest BCUT2D eigenvalue weighted by Gasteiger charge is -2.10. The Morgan fingerprint density at radius 3 is 1.58 bits per heavy atom. The fourth-order valence-electron chi connectivity index (χ4n) is 2.52. The highest BCUT2D eigenvalue weighted by molar-refractivity contribution is 7.86. The second-order valence-electron chi connectivity index (χ2n) is 5.46. The first kappa shape index (κ1) is 18.3. The lowest BCUT2D eigenvalue weighted by molar-refractivity contribution is 0.481. The van der Waals surface area contributed by atoms with Crippen molar-refractivity contribution in [3.8, 4) is 22.3 Å². The van der Waals surface area contributed by atoms with Crippen LogP contribution in [0.2, 0.25) is 0 Å². The van der Waals surface area contributed by atoms with Crippen molar-refractivity contribution in [2.75, 3.05) is 0 Å². The summed E-state index contributed by atoms with van der Waals surface area (Å²) < 4.78 is 62.8. The third-order valence-corrected chi connectivity index (χ3v) is 5.50. The van der Waals surface area contributed by atoms with Crippen LogP contribution >= 0.6 is 0 Å². The lowest BCUT2D eigenvalue weighted by Crippen LogP contribution is -1.98. The maximum atomic E-state index is 11.2. The summed E-state index contributed by atoms with van der Waals surface area (Å²) in [6.45, 7) is 0. The Balaban J connectivity index is 2.07. The Labute approximate surface area is 151 Å². The van der Waals surface area contributed by atoms with Crippen LogP contribution in [0.4, 0.5) is 0 Å². The van der Waals surface area contributed by atoms with Crippen molar-refractivity contribution in [1.82, 2.24) is 0 Å². The summed E-state index contributed by atoms with van der Waals surface area (Å²) in [5, 5.41) is 0. The molecule has 3 aromatic carbocycles. The molecule has 0 saturated carbocycles. The molecule has 0 aromatic heterocycles. The molecule has 8 heteroatoms. The minimum absolute atomic E-state index is 0.208. The van der Waals surface area contributed by atoms with Crippen LogP contribution in [0.1, 0.15) is 0 Å². The Kier molecular flexibility index (Phi) is 4.68. The fraction of sp³-hybridized carbons (Fsp3) is 0. The summed E-state index contributed by atoms with van der Waals surface area (Å²) in [5.74, 6) is 0. The lowest BCUT2D eigenvalue weighted by atomic mass is 9.95. The zero-order valence-corrected chi connectivity index (χ0v) is 14.8. The summed E-state index contributed by atoms with van der Waals surface area (Å²) in [4.78, 5) is -0.420. The Morgan fingerprint density at radius 2 is 1.12 bits per heavy atom. The van der Waals surface area contributed by atoms with Gasteiger partial charge in [0.2, 0.25) is 0 Å². The first-order valence-electron chi connectivity index (χ1n) is 7.33. The minimum Gasteiger partial charge on any atom is -0.282 e. The van der Waals surface area contributed by atoms with Crippen LogP contribution in [0.15, 0.2) is 76.5 Å². The van der Waals surface area contributed by atoms with Crippen LogP contribution in [-0.2, 0) is 20.2 Å². The van der Waals surface area contributed by atoms with Gasteiger partial charge in [0.05, 0.1) is 9.79 Å². The summed E-state index contributed by atoms with van der Waals surface area (Å²) >= 11 is 0. The summed E-state index contributed by atoms with van der Waals surface area (Å²) in [5.41, 5.74) is 2.79. The van der Waals surface area contributed by atoms with Crippen molar-refractivity contribution in [3.05, 3.63) is 72.8 Å². The molecule has 26 heavy (non-hydrogen) atoms. The smallest absolute Gasteiger partial charge is 0.282 e. The van der Waals surface area contributed by atoms with Crippen LogP contribution in [0, 0.1) is 6.07 Å². The summed E-state index contributed by atoms with van der Waals surface area (Å²) in [7, 11) is -8.54. The maximum Gasteiger partial charge on any atom is 0.294 e. The second kappa shape index (κ2) is 6.65. The van der Waals surface area contributed by atoms with Gasteiger partial charge >= 0.3 is 0 Å². The zero-order valence-electron chi connectivity index (χ0n) is 13.2. The molecule has 0 aliphatic rings. The highest BCUT2D eigenvalue weighted by Gasteiger charge is 2.13. The molecule has 133 valence electrons. The number of hydrogen-bond donors (Lipinski definition) is 2. The molecular weight excluding hydrogens is 376 g/mol. The topological polar surface area (TPSA) is 109 Å². The Bertz CT molecular complexity index is 1050. The van der Waals surface area contributed by atoms with E-state index in [0.29, 0.717) is 16.7 Å². The van der Waals surface area contributed by atoms with Crippen molar-refractivity contribution in [1.29, 1.82) is 0 Å². The van der Waals surface area contributed by atoms with Gasteiger partial charge in [-0.05, 0) is 52.6 Å². The predicted molar refractivity (Wildman–Crippen MR) is 95.8 cm³/mol. The molecule has 3 rings (SSSR count). The van der Waals surface area contributed by atoms with Gasteiger partial charge in [-0.15, -0.1) is 0 Å². The number of hydrogen-bond acceptors (Lipinski definition) is 4. The van der Waals surface area contributed by atoms with Gasteiger partial charge in [0, 0.05) is 0 Å². The highest BCUT2D eigenvalue weighted by atomic mass is 32.2. The first-order chi connectivity index (χ1) is 12.2. The molecule has 1 radical (unpaired) electrons. The molecule has 0 amide bonds. The molecule has 0 unspecified atom stereocenters. The van der Waals surface area contributed by atoms with E-state index in [0.717, 1.165) is 5.56 Å². The molecule has 0 aliphatic heterocycles. The van der Waals surface area contributed by atoms with E-state index >= 15 is 0 Å². The van der Waals surface area contributed by atoms with Gasteiger partial charge in [-0.2, -0.15) is 16.8 Å². The average molecular weight is 389 g/mol. The molecular formula is C18H13O6S2. The molecule has 0 fully saturated rings. The quantitative estimate of drug-likeness (QED) is 0.663. The standard InChI is InChI=1S/C18H13O6S2/c19-25(20,21)15-9-5-13(6-10-15)17-3-1-2-4-18(17)14-7-11-16(12-8-14)26(22,23)24/h1-3,5-12H,(H,19,20,21)(H,22,23,24). The van der Waals surface area contributed by atoms with E-state index in [1.807, 2.05) is 6.07 Å². The van der Waals surface area contributed by atoms with Crippen molar-refractivity contribution in [3.63, 3.8) is 0 Å². The highest BCUT2D eigenvalue weighted by Crippen LogP contribution is 2.32. The van der Waals surface area contributed by atoms with E-state index in [1.54, 1.807) is 36.4 Å². The molecule has 0 atom stereocenters. The van der Waals surface area contributed by atoms with Crippen LogP contribution < -0.4 is 0 Å². The van der Waals surface area contributed by atoms with Crippen molar-refractivity contribution >= 4 is 20.2 Å². The van der Waals surface area contributed by atoms with E-state index in [-0.39, 0.29) is 9.79 Å². The molecule has 0 bridgehead atoms. The van der Waals surface area contributed by atoms with E-state index in [1.165, 1.54) is 24.3 Å². The van der Waals surface area contributed by atoms with Crippen LogP contribution in [0.25, 0.3) is 22.3 Å². The van der Waals surface area contributed by atoms with E-state index in [4.69, 9.17) is 9.11 Å². The molecule has 0 heterocycles. The van der Waals surface area contributed by atoms with Gasteiger partial charge in [0.1, 0.15) is 0 Å². The number of benzene rings is 3. The largest absolute Gasteiger partial charge is 0.294 e. The molecule has 0 saturated heterocycles. The SMILES string of the molecule is O=S(=O)(O)c1ccc(-c2[c]cccc2-c2ccc(S(=O)(=O)O)cc2)cc1. The van der Waals surface area contributed by atoms with Crippen molar-refractivity contribution in [2.24, 2.45) is 0 Å². The maximum absolute atomic E-state index is 11.2. The molecule has 0 aliphatic carbocycles. The Hall–Kier alpha value is -2.52. The van der Waals surface area contributed by atoms with Gasteiger partial charge in [-0.1, -0.05) is 42.5 Å². The van der Waals surface area contributed by atoms with Gasteiger partial charge in [-0.3, -0.25) is 9.11 Å². The van der Waals surface area contributed by atoms with Crippen LogP contribution in [0.3, 0.4) is 0 Å². The molecule has 0 spiro atoms. The average Bonchev–Trinajstić information content (AvgIpc) is 2.60. The molecule has 6 nitrogen and oxygen atoms in total. The van der Waals surface area contributed by atoms with Crippen LogP contribution in [-0.4, -0.2) is 25.9 Å². The summed E-state index contributed by atoms with van der Waals surface area (Å²) in [6.07, 6.45) is 0. The Morgan fingerprint density at radius 1 is 0.654 bits per heavy atom. The molecule has 3 aromatic rings. The monoisotopic (exact) mass is 389 g/mol. The van der Waals surface area contributed by atoms with Gasteiger partial charge in [0.25, 0.3) is 20.2 Å². The predicted octanol–water partition coefficient (Wildman–Crippen LogP) is 3.31. The van der Waals surface area contributed by atoms with Gasteiger partial charge in [0.15, 0.2) is 0 Å².